The van der Waals surface area contributed by atoms with Crippen LogP contribution in [-0.2, 0) is 16.6 Å². The molecule has 0 unspecified atom stereocenters. The topological polar surface area (TPSA) is 49.4 Å². The highest BCUT2D eigenvalue weighted by atomic mass is 32.2. The predicted molar refractivity (Wildman–Crippen MR) is 78.5 cm³/mol. The van der Waals surface area contributed by atoms with E-state index in [1.807, 2.05) is 13.8 Å². The number of halogens is 1. The summed E-state index contributed by atoms with van der Waals surface area (Å²) in [6.07, 6.45) is 1.45. The molecule has 4 nitrogen and oxygen atoms in total. The van der Waals surface area contributed by atoms with Gasteiger partial charge in [0.1, 0.15) is 5.82 Å². The van der Waals surface area contributed by atoms with Crippen molar-refractivity contribution in [2.24, 2.45) is 0 Å². The summed E-state index contributed by atoms with van der Waals surface area (Å²) in [5.74, 6) is -0.540. The number of sulfonamides is 1. The van der Waals surface area contributed by atoms with E-state index in [9.17, 15) is 12.8 Å². The molecule has 0 saturated carbocycles. The van der Waals surface area contributed by atoms with Gasteiger partial charge in [0.2, 0.25) is 10.0 Å². The molecule has 1 N–H and O–H groups in total. The zero-order chi connectivity index (χ0) is 15.3. The first-order valence-corrected chi connectivity index (χ1v) is 8.23. The molecule has 0 amide bonds. The third kappa shape index (κ3) is 3.56. The Bertz CT molecular complexity index is 542. The summed E-state index contributed by atoms with van der Waals surface area (Å²) in [6.45, 7) is 4.27. The fourth-order valence-corrected chi connectivity index (χ4v) is 3.99. The standard InChI is InChI=1S/C14H23FN2O2S/c1-5-13(6-2)17(4)20(18,19)14-9-12(15)8-7-11(14)10-16-3/h7-9,13,16H,5-6,10H2,1-4H3. The number of rotatable bonds is 7. The average molecular weight is 302 g/mol. The van der Waals surface area contributed by atoms with Gasteiger partial charge in [-0.3, -0.25) is 0 Å². The molecule has 0 aliphatic carbocycles. The van der Waals surface area contributed by atoms with Crippen molar-refractivity contribution in [2.45, 2.75) is 44.2 Å². The quantitative estimate of drug-likeness (QED) is 0.841. The average Bonchev–Trinajstić information content (AvgIpc) is 2.42. The van der Waals surface area contributed by atoms with Gasteiger partial charge in [-0.2, -0.15) is 4.31 Å². The first kappa shape index (κ1) is 17.1. The molecule has 0 spiro atoms. The van der Waals surface area contributed by atoms with E-state index in [-0.39, 0.29) is 10.9 Å². The lowest BCUT2D eigenvalue weighted by molar-refractivity contribution is 0.349. The molecular formula is C14H23FN2O2S. The lowest BCUT2D eigenvalue weighted by Gasteiger charge is -2.26. The lowest BCUT2D eigenvalue weighted by atomic mass is 10.2. The van der Waals surface area contributed by atoms with Crippen molar-refractivity contribution >= 4 is 10.0 Å². The van der Waals surface area contributed by atoms with Gasteiger partial charge in [0.05, 0.1) is 4.90 Å². The Morgan fingerprint density at radius 1 is 1.30 bits per heavy atom. The van der Waals surface area contributed by atoms with Gasteiger partial charge in [0.25, 0.3) is 0 Å². The Morgan fingerprint density at radius 2 is 1.90 bits per heavy atom. The fourth-order valence-electron chi connectivity index (χ4n) is 2.26. The molecule has 1 rings (SSSR count). The normalized spacial score (nSPS) is 12.3. The number of hydrogen-bond donors (Lipinski definition) is 1. The second-order valence-corrected chi connectivity index (χ2v) is 6.74. The SMILES string of the molecule is CCC(CC)N(C)S(=O)(=O)c1cc(F)ccc1CNC. The van der Waals surface area contributed by atoms with Crippen molar-refractivity contribution < 1.29 is 12.8 Å². The van der Waals surface area contributed by atoms with E-state index in [2.05, 4.69) is 5.32 Å². The number of nitrogens with one attached hydrogen (secondary N) is 1. The van der Waals surface area contributed by atoms with Crippen LogP contribution in [0.25, 0.3) is 0 Å². The zero-order valence-corrected chi connectivity index (χ0v) is 13.3. The highest BCUT2D eigenvalue weighted by Crippen LogP contribution is 2.24. The molecule has 1 aromatic rings. The Kier molecular flexibility index (Phi) is 6.10. The molecule has 0 atom stereocenters. The third-order valence-electron chi connectivity index (χ3n) is 3.51. The van der Waals surface area contributed by atoms with E-state index >= 15 is 0 Å². The summed E-state index contributed by atoms with van der Waals surface area (Å²) in [5.41, 5.74) is 0.576. The van der Waals surface area contributed by atoms with Gasteiger partial charge < -0.3 is 5.32 Å². The van der Waals surface area contributed by atoms with Crippen LogP contribution in [0.15, 0.2) is 23.1 Å². The maximum Gasteiger partial charge on any atom is 0.243 e. The number of hydrogen-bond acceptors (Lipinski definition) is 3. The van der Waals surface area contributed by atoms with Gasteiger partial charge in [-0.25, -0.2) is 12.8 Å². The Hall–Kier alpha value is -0.980. The Morgan fingerprint density at radius 3 is 2.40 bits per heavy atom. The lowest BCUT2D eigenvalue weighted by Crippen LogP contribution is -2.37. The molecule has 0 radical (unpaired) electrons. The summed E-state index contributed by atoms with van der Waals surface area (Å²) in [6, 6.07) is 3.81. The van der Waals surface area contributed by atoms with Crippen LogP contribution in [0, 0.1) is 5.82 Å². The molecule has 0 aliphatic heterocycles. The first-order valence-electron chi connectivity index (χ1n) is 6.79. The van der Waals surface area contributed by atoms with Crippen molar-refractivity contribution in [3.05, 3.63) is 29.6 Å². The van der Waals surface area contributed by atoms with Crippen LogP contribution in [0.1, 0.15) is 32.3 Å². The summed E-state index contributed by atoms with van der Waals surface area (Å²) in [4.78, 5) is 0.0428. The third-order valence-corrected chi connectivity index (χ3v) is 5.50. The van der Waals surface area contributed by atoms with Crippen LogP contribution in [0.5, 0.6) is 0 Å². The Labute approximate surface area is 121 Å². The minimum atomic E-state index is -3.68. The summed E-state index contributed by atoms with van der Waals surface area (Å²) >= 11 is 0. The van der Waals surface area contributed by atoms with E-state index in [1.54, 1.807) is 14.1 Å². The maximum atomic E-state index is 13.4. The van der Waals surface area contributed by atoms with E-state index in [0.29, 0.717) is 12.1 Å². The summed E-state index contributed by atoms with van der Waals surface area (Å²) in [7, 11) is -0.401. The van der Waals surface area contributed by atoms with Crippen molar-refractivity contribution in [1.82, 2.24) is 9.62 Å². The van der Waals surface area contributed by atoms with Gasteiger partial charge >= 0.3 is 0 Å². The minimum Gasteiger partial charge on any atom is -0.316 e. The van der Waals surface area contributed by atoms with Gasteiger partial charge in [0.15, 0.2) is 0 Å². The molecular weight excluding hydrogens is 279 g/mol. The largest absolute Gasteiger partial charge is 0.316 e. The predicted octanol–water partition coefficient (Wildman–Crippen LogP) is 2.35. The van der Waals surface area contributed by atoms with Crippen LogP contribution in [0.2, 0.25) is 0 Å². The first-order chi connectivity index (χ1) is 9.38. The van der Waals surface area contributed by atoms with Gasteiger partial charge in [-0.15, -0.1) is 0 Å². The van der Waals surface area contributed by atoms with Gasteiger partial charge in [-0.05, 0) is 37.6 Å². The van der Waals surface area contributed by atoms with E-state index in [4.69, 9.17) is 0 Å². The van der Waals surface area contributed by atoms with Crippen LogP contribution in [0.4, 0.5) is 4.39 Å². The monoisotopic (exact) mass is 302 g/mol. The summed E-state index contributed by atoms with van der Waals surface area (Å²) in [5, 5.41) is 2.91. The fraction of sp³-hybridized carbons (Fsp3) is 0.571. The molecule has 0 saturated heterocycles. The number of benzene rings is 1. The van der Waals surface area contributed by atoms with Crippen LogP contribution < -0.4 is 5.32 Å². The van der Waals surface area contributed by atoms with E-state index in [1.165, 1.54) is 16.4 Å². The molecule has 20 heavy (non-hydrogen) atoms. The zero-order valence-electron chi connectivity index (χ0n) is 12.5. The second kappa shape index (κ2) is 7.15. The van der Waals surface area contributed by atoms with Crippen LogP contribution >= 0.6 is 0 Å². The van der Waals surface area contributed by atoms with E-state index < -0.39 is 15.8 Å². The van der Waals surface area contributed by atoms with Gasteiger partial charge in [0, 0.05) is 19.6 Å². The van der Waals surface area contributed by atoms with Crippen molar-refractivity contribution in [3.63, 3.8) is 0 Å². The van der Waals surface area contributed by atoms with Crippen molar-refractivity contribution in [3.8, 4) is 0 Å². The maximum absolute atomic E-state index is 13.4. The van der Waals surface area contributed by atoms with Crippen LogP contribution in [-0.4, -0.2) is 32.9 Å². The molecule has 0 aliphatic rings. The highest BCUT2D eigenvalue weighted by Gasteiger charge is 2.28. The van der Waals surface area contributed by atoms with Crippen molar-refractivity contribution in [2.75, 3.05) is 14.1 Å². The van der Waals surface area contributed by atoms with Crippen molar-refractivity contribution in [1.29, 1.82) is 0 Å². The Balaban J connectivity index is 3.30. The molecule has 0 bridgehead atoms. The summed E-state index contributed by atoms with van der Waals surface area (Å²) < 4.78 is 40.1. The molecule has 0 heterocycles. The smallest absolute Gasteiger partial charge is 0.243 e. The van der Waals surface area contributed by atoms with Crippen LogP contribution in [0.3, 0.4) is 0 Å². The minimum absolute atomic E-state index is 0.0428. The van der Waals surface area contributed by atoms with E-state index in [0.717, 1.165) is 18.9 Å². The second-order valence-electron chi connectivity index (χ2n) is 4.77. The molecule has 114 valence electrons. The van der Waals surface area contributed by atoms with Gasteiger partial charge in [-0.1, -0.05) is 19.9 Å². The number of nitrogens with zero attached hydrogens (tertiary/aromatic N) is 1. The molecule has 6 heteroatoms. The molecule has 0 fully saturated rings. The highest BCUT2D eigenvalue weighted by molar-refractivity contribution is 7.89. The molecule has 0 aromatic heterocycles. The molecule has 1 aromatic carbocycles.